The average molecular weight is 349 g/mol. The van der Waals surface area contributed by atoms with Crippen LogP contribution in [0.4, 0.5) is 5.69 Å². The van der Waals surface area contributed by atoms with E-state index in [1.165, 1.54) is 0 Å². The highest BCUT2D eigenvalue weighted by atomic mass is 32.1. The molecule has 0 spiro atoms. The Hall–Kier alpha value is -3.19. The Morgan fingerprint density at radius 2 is 1.64 bits per heavy atom. The highest BCUT2D eigenvalue weighted by Gasteiger charge is 2.31. The van der Waals surface area contributed by atoms with E-state index in [1.807, 2.05) is 0 Å². The van der Waals surface area contributed by atoms with E-state index < -0.39 is 5.91 Å². The third-order valence-corrected chi connectivity index (χ3v) is 4.89. The van der Waals surface area contributed by atoms with Crippen LogP contribution in [0.3, 0.4) is 0 Å². The molecule has 1 aromatic heterocycles. The van der Waals surface area contributed by atoms with E-state index in [0.29, 0.717) is 32.9 Å². The molecule has 0 radical (unpaired) electrons. The standard InChI is InChI=1S/C18H11N3O3S/c1-9-17(25-21-20-9)18(24)19-13-8-4-7-12-14(13)16(23)11-6-3-2-5-10(11)15(12)22/h2-8H,1H3,(H,19,24). The largest absolute Gasteiger partial charge is 0.320 e. The number of rotatable bonds is 2. The van der Waals surface area contributed by atoms with Gasteiger partial charge in [-0.15, -0.1) is 5.10 Å². The Morgan fingerprint density at radius 3 is 2.32 bits per heavy atom. The first-order chi connectivity index (χ1) is 12.1. The summed E-state index contributed by atoms with van der Waals surface area (Å²) >= 11 is 0.979. The maximum absolute atomic E-state index is 12.9. The average Bonchev–Trinajstić information content (AvgIpc) is 3.05. The molecule has 0 bridgehead atoms. The van der Waals surface area contributed by atoms with Crippen LogP contribution in [0, 0.1) is 6.92 Å². The molecule has 2 aromatic carbocycles. The molecule has 1 N–H and O–H groups in total. The van der Waals surface area contributed by atoms with Gasteiger partial charge in [0.1, 0.15) is 4.88 Å². The molecular formula is C18H11N3O3S. The third-order valence-electron chi connectivity index (χ3n) is 4.06. The predicted octanol–water partition coefficient (Wildman–Crippen LogP) is 2.87. The first kappa shape index (κ1) is 15.3. The highest BCUT2D eigenvalue weighted by molar-refractivity contribution is 7.08. The lowest BCUT2D eigenvalue weighted by atomic mass is 9.83. The van der Waals surface area contributed by atoms with Crippen LogP contribution >= 0.6 is 11.5 Å². The molecule has 122 valence electrons. The van der Waals surface area contributed by atoms with Crippen molar-refractivity contribution < 1.29 is 14.4 Å². The molecule has 1 heterocycles. The van der Waals surface area contributed by atoms with E-state index in [0.717, 1.165) is 11.5 Å². The maximum Gasteiger partial charge on any atom is 0.269 e. The number of ketones is 2. The Morgan fingerprint density at radius 1 is 0.960 bits per heavy atom. The van der Waals surface area contributed by atoms with Gasteiger partial charge in [0.25, 0.3) is 5.91 Å². The number of nitrogens with one attached hydrogen (secondary N) is 1. The first-order valence-corrected chi connectivity index (χ1v) is 8.27. The van der Waals surface area contributed by atoms with E-state index in [-0.39, 0.29) is 17.1 Å². The van der Waals surface area contributed by atoms with Crippen LogP contribution < -0.4 is 5.32 Å². The van der Waals surface area contributed by atoms with Crippen LogP contribution in [0.1, 0.15) is 47.2 Å². The van der Waals surface area contributed by atoms with Gasteiger partial charge >= 0.3 is 0 Å². The number of amides is 1. The van der Waals surface area contributed by atoms with Crippen molar-refractivity contribution >= 4 is 34.7 Å². The van der Waals surface area contributed by atoms with Gasteiger partial charge in [-0.1, -0.05) is 40.9 Å². The van der Waals surface area contributed by atoms with Crippen molar-refractivity contribution in [1.82, 2.24) is 9.59 Å². The SMILES string of the molecule is Cc1nnsc1C(=O)Nc1cccc2c1C(=O)c1ccccc1C2=O. The lowest BCUT2D eigenvalue weighted by molar-refractivity contribution is 0.0978. The summed E-state index contributed by atoms with van der Waals surface area (Å²) in [6.45, 7) is 1.68. The van der Waals surface area contributed by atoms with Gasteiger partial charge in [0, 0.05) is 16.7 Å². The Kier molecular flexibility index (Phi) is 3.51. The van der Waals surface area contributed by atoms with E-state index in [2.05, 4.69) is 14.9 Å². The molecular weight excluding hydrogens is 338 g/mol. The van der Waals surface area contributed by atoms with Gasteiger partial charge in [-0.25, -0.2) is 0 Å². The van der Waals surface area contributed by atoms with Gasteiger partial charge in [-0.05, 0) is 24.5 Å². The van der Waals surface area contributed by atoms with Crippen LogP contribution in [0.2, 0.25) is 0 Å². The molecule has 1 aliphatic carbocycles. The molecule has 3 aromatic rings. The van der Waals surface area contributed by atoms with Crippen molar-refractivity contribution in [2.24, 2.45) is 0 Å². The number of aryl methyl sites for hydroxylation is 1. The Labute approximate surface area is 146 Å². The number of hydrogen-bond donors (Lipinski definition) is 1. The number of carbonyl (C=O) groups excluding carboxylic acids is 3. The zero-order valence-electron chi connectivity index (χ0n) is 13.1. The second kappa shape index (κ2) is 5.71. The number of fused-ring (bicyclic) bond motifs is 2. The van der Waals surface area contributed by atoms with Crippen molar-refractivity contribution in [3.63, 3.8) is 0 Å². The molecule has 1 aliphatic rings. The van der Waals surface area contributed by atoms with Crippen LogP contribution in [0.5, 0.6) is 0 Å². The van der Waals surface area contributed by atoms with E-state index in [1.54, 1.807) is 49.4 Å². The first-order valence-electron chi connectivity index (χ1n) is 7.49. The topological polar surface area (TPSA) is 89.0 Å². The molecule has 6 nitrogen and oxygen atoms in total. The summed E-state index contributed by atoms with van der Waals surface area (Å²) in [5.41, 5.74) is 2.06. The van der Waals surface area contributed by atoms with Gasteiger partial charge < -0.3 is 5.32 Å². The van der Waals surface area contributed by atoms with E-state index in [9.17, 15) is 14.4 Å². The fourth-order valence-corrected chi connectivity index (χ4v) is 3.42. The van der Waals surface area contributed by atoms with Crippen LogP contribution in [0.25, 0.3) is 0 Å². The lowest BCUT2D eigenvalue weighted by Crippen LogP contribution is -2.23. The summed E-state index contributed by atoms with van der Waals surface area (Å²) in [6.07, 6.45) is 0. The minimum absolute atomic E-state index is 0.217. The summed E-state index contributed by atoms with van der Waals surface area (Å²) in [7, 11) is 0. The van der Waals surface area contributed by atoms with Crippen molar-refractivity contribution in [1.29, 1.82) is 0 Å². The zero-order valence-corrected chi connectivity index (χ0v) is 13.9. The fraction of sp³-hybridized carbons (Fsp3) is 0.0556. The smallest absolute Gasteiger partial charge is 0.269 e. The van der Waals surface area contributed by atoms with E-state index >= 15 is 0 Å². The van der Waals surface area contributed by atoms with Crippen molar-refractivity contribution in [3.05, 3.63) is 75.3 Å². The molecule has 0 saturated carbocycles. The molecule has 25 heavy (non-hydrogen) atoms. The summed E-state index contributed by atoms with van der Waals surface area (Å²) in [6, 6.07) is 11.5. The number of carbonyl (C=O) groups is 3. The molecule has 0 saturated heterocycles. The predicted molar refractivity (Wildman–Crippen MR) is 92.3 cm³/mol. The van der Waals surface area contributed by atoms with Crippen LogP contribution in [-0.4, -0.2) is 27.1 Å². The highest BCUT2D eigenvalue weighted by Crippen LogP contribution is 2.32. The summed E-state index contributed by atoms with van der Waals surface area (Å²) in [5.74, 6) is -0.905. The Bertz CT molecular complexity index is 1060. The molecule has 1 amide bonds. The molecule has 7 heteroatoms. The van der Waals surface area contributed by atoms with Crippen LogP contribution in [0.15, 0.2) is 42.5 Å². The van der Waals surface area contributed by atoms with Gasteiger partial charge in [0.15, 0.2) is 11.6 Å². The molecule has 4 rings (SSSR count). The second-order valence-corrected chi connectivity index (χ2v) is 6.33. The molecule has 0 aliphatic heterocycles. The van der Waals surface area contributed by atoms with Gasteiger partial charge in [-0.2, -0.15) is 0 Å². The fourth-order valence-electron chi connectivity index (χ4n) is 2.87. The van der Waals surface area contributed by atoms with Crippen LogP contribution in [-0.2, 0) is 0 Å². The third kappa shape index (κ3) is 2.36. The quantitative estimate of drug-likeness (QED) is 0.601. The normalized spacial score (nSPS) is 12.5. The molecule has 0 fully saturated rings. The van der Waals surface area contributed by atoms with Crippen molar-refractivity contribution in [3.8, 4) is 0 Å². The van der Waals surface area contributed by atoms with Gasteiger partial charge in [0.2, 0.25) is 0 Å². The minimum Gasteiger partial charge on any atom is -0.320 e. The summed E-state index contributed by atoms with van der Waals surface area (Å²) in [4.78, 5) is 38.4. The minimum atomic E-state index is -0.403. The van der Waals surface area contributed by atoms with Crippen molar-refractivity contribution in [2.45, 2.75) is 6.92 Å². The number of anilines is 1. The van der Waals surface area contributed by atoms with Crippen molar-refractivity contribution in [2.75, 3.05) is 5.32 Å². The molecule has 0 atom stereocenters. The number of nitrogens with zero attached hydrogens (tertiary/aromatic N) is 2. The molecule has 0 unspecified atom stereocenters. The monoisotopic (exact) mass is 349 g/mol. The number of hydrogen-bond acceptors (Lipinski definition) is 6. The van der Waals surface area contributed by atoms with Gasteiger partial charge in [-0.3, -0.25) is 14.4 Å². The maximum atomic E-state index is 12.9. The number of aromatic nitrogens is 2. The Balaban J connectivity index is 1.80. The summed E-state index contributed by atoms with van der Waals surface area (Å²) < 4.78 is 3.74. The second-order valence-electron chi connectivity index (χ2n) is 5.57. The summed E-state index contributed by atoms with van der Waals surface area (Å²) in [5, 5.41) is 6.52. The zero-order chi connectivity index (χ0) is 17.6. The lowest BCUT2D eigenvalue weighted by Gasteiger charge is -2.20. The van der Waals surface area contributed by atoms with E-state index in [4.69, 9.17) is 0 Å². The van der Waals surface area contributed by atoms with Gasteiger partial charge in [0.05, 0.1) is 16.9 Å². The number of benzene rings is 2.